The van der Waals surface area contributed by atoms with Crippen molar-refractivity contribution in [3.05, 3.63) is 45.1 Å². The summed E-state index contributed by atoms with van der Waals surface area (Å²) in [6.07, 6.45) is 0.829. The summed E-state index contributed by atoms with van der Waals surface area (Å²) < 4.78 is 29.9. The number of sulfonamides is 1. The predicted octanol–water partition coefficient (Wildman–Crippen LogP) is 2.56. The van der Waals surface area contributed by atoms with Gasteiger partial charge in [0.25, 0.3) is 15.9 Å². The van der Waals surface area contributed by atoms with Crippen LogP contribution in [0.5, 0.6) is 5.75 Å². The van der Waals surface area contributed by atoms with Gasteiger partial charge in [-0.05, 0) is 49.6 Å². The first-order chi connectivity index (χ1) is 11.3. The van der Waals surface area contributed by atoms with E-state index in [4.69, 9.17) is 4.74 Å². The van der Waals surface area contributed by atoms with Gasteiger partial charge in [-0.1, -0.05) is 13.0 Å². The first kappa shape index (κ1) is 18.4. The Kier molecular flexibility index (Phi) is 5.63. The molecule has 0 unspecified atom stereocenters. The fourth-order valence-electron chi connectivity index (χ4n) is 2.21. The molecule has 1 amide bonds. The number of carbonyl (C=O) groups excluding carboxylic acids is 1. The van der Waals surface area contributed by atoms with Crippen molar-refractivity contribution in [3.8, 4) is 5.75 Å². The van der Waals surface area contributed by atoms with Gasteiger partial charge in [0.15, 0.2) is 0 Å². The molecule has 2 aromatic rings. The molecular weight excluding hydrogens is 348 g/mol. The first-order valence-corrected chi connectivity index (χ1v) is 9.64. The Morgan fingerprint density at radius 1 is 1.25 bits per heavy atom. The van der Waals surface area contributed by atoms with Gasteiger partial charge < -0.3 is 4.74 Å². The monoisotopic (exact) mass is 368 g/mol. The molecule has 0 saturated heterocycles. The lowest BCUT2D eigenvalue weighted by molar-refractivity contribution is 0.0949. The molecule has 0 aliphatic carbocycles. The molecule has 2 rings (SSSR count). The Bertz CT molecular complexity index is 857. The van der Waals surface area contributed by atoms with Crippen molar-refractivity contribution in [1.82, 2.24) is 10.3 Å². The molecule has 6 nitrogen and oxygen atoms in total. The molecule has 130 valence electrons. The summed E-state index contributed by atoms with van der Waals surface area (Å²) in [6.45, 7) is 5.71. The summed E-state index contributed by atoms with van der Waals surface area (Å²) in [5, 5.41) is 0. The molecule has 0 spiro atoms. The molecule has 0 saturated carbocycles. The number of benzene rings is 1. The Morgan fingerprint density at radius 3 is 2.54 bits per heavy atom. The van der Waals surface area contributed by atoms with Crippen LogP contribution in [0.2, 0.25) is 0 Å². The maximum absolute atomic E-state index is 12.4. The highest BCUT2D eigenvalue weighted by Gasteiger charge is 2.21. The molecule has 1 aromatic carbocycles. The number of hydrogen-bond acceptors (Lipinski definition) is 5. The van der Waals surface area contributed by atoms with Gasteiger partial charge >= 0.3 is 0 Å². The van der Waals surface area contributed by atoms with E-state index in [1.54, 1.807) is 25.1 Å². The van der Waals surface area contributed by atoms with E-state index in [0.717, 1.165) is 22.4 Å². The van der Waals surface area contributed by atoms with Crippen molar-refractivity contribution in [3.63, 3.8) is 0 Å². The van der Waals surface area contributed by atoms with Gasteiger partial charge in [-0.2, -0.15) is 0 Å². The van der Waals surface area contributed by atoms with E-state index in [-0.39, 0.29) is 10.6 Å². The van der Waals surface area contributed by atoms with Crippen LogP contribution in [-0.2, 0) is 16.4 Å². The second kappa shape index (κ2) is 7.33. The molecule has 1 heterocycles. The Balaban J connectivity index is 2.18. The van der Waals surface area contributed by atoms with E-state index >= 15 is 0 Å². The van der Waals surface area contributed by atoms with Gasteiger partial charge in [0, 0.05) is 4.88 Å². The van der Waals surface area contributed by atoms with Crippen LogP contribution >= 0.6 is 11.3 Å². The lowest BCUT2D eigenvalue weighted by atomic mass is 10.2. The quantitative estimate of drug-likeness (QED) is 0.768. The van der Waals surface area contributed by atoms with E-state index in [1.807, 2.05) is 13.8 Å². The van der Waals surface area contributed by atoms with E-state index in [2.05, 4.69) is 10.3 Å². The average Bonchev–Trinajstić information content (AvgIpc) is 2.93. The highest BCUT2D eigenvalue weighted by Crippen LogP contribution is 2.25. The zero-order valence-corrected chi connectivity index (χ0v) is 15.6. The standard InChI is InChI=1S/C16H20N2O4S2/c1-5-13-11(3)9-14(23-13)16(19)17-18-24(20,21)15-8-10(2)6-7-12(15)22-4/h6-9,18H,5H2,1-4H3,(H,17,19). The van der Waals surface area contributed by atoms with E-state index < -0.39 is 15.9 Å². The summed E-state index contributed by atoms with van der Waals surface area (Å²) in [5.41, 5.74) is 4.04. The lowest BCUT2D eigenvalue weighted by Gasteiger charge is -2.11. The minimum atomic E-state index is -3.94. The number of thiophene rings is 1. The van der Waals surface area contributed by atoms with Gasteiger partial charge in [0.1, 0.15) is 10.6 Å². The maximum Gasteiger partial charge on any atom is 0.276 e. The van der Waals surface area contributed by atoms with Crippen molar-refractivity contribution in [1.29, 1.82) is 0 Å². The number of amides is 1. The van der Waals surface area contributed by atoms with Crippen molar-refractivity contribution in [2.75, 3.05) is 7.11 Å². The molecule has 8 heteroatoms. The Hall–Kier alpha value is -1.90. The number of rotatable bonds is 6. The highest BCUT2D eigenvalue weighted by molar-refractivity contribution is 7.89. The molecule has 1 aromatic heterocycles. The SMILES string of the molecule is CCc1sc(C(=O)NNS(=O)(=O)c2cc(C)ccc2OC)cc1C. The van der Waals surface area contributed by atoms with Crippen molar-refractivity contribution < 1.29 is 17.9 Å². The molecule has 0 fully saturated rings. The number of nitrogens with one attached hydrogen (secondary N) is 2. The number of aryl methyl sites for hydroxylation is 3. The summed E-state index contributed by atoms with van der Waals surface area (Å²) in [6, 6.07) is 6.55. The van der Waals surface area contributed by atoms with Crippen LogP contribution < -0.4 is 15.0 Å². The second-order valence-electron chi connectivity index (χ2n) is 5.28. The largest absolute Gasteiger partial charge is 0.495 e. The fraction of sp³-hybridized carbons (Fsp3) is 0.312. The molecule has 24 heavy (non-hydrogen) atoms. The summed E-state index contributed by atoms with van der Waals surface area (Å²) in [4.78, 5) is 15.8. The number of hydrazine groups is 1. The minimum absolute atomic E-state index is 0.0260. The molecule has 0 aliphatic heterocycles. The van der Waals surface area contributed by atoms with Gasteiger partial charge in [0.05, 0.1) is 12.0 Å². The fourth-order valence-corrected chi connectivity index (χ4v) is 4.31. The van der Waals surface area contributed by atoms with Crippen LogP contribution in [0.15, 0.2) is 29.2 Å². The first-order valence-electron chi connectivity index (χ1n) is 7.34. The molecule has 2 N–H and O–H groups in total. The second-order valence-corrected chi connectivity index (χ2v) is 8.07. The highest BCUT2D eigenvalue weighted by atomic mass is 32.2. The molecule has 0 atom stereocenters. The van der Waals surface area contributed by atoms with Crippen molar-refractivity contribution in [2.45, 2.75) is 32.1 Å². The maximum atomic E-state index is 12.4. The number of carbonyl (C=O) groups is 1. The molecule has 0 radical (unpaired) electrons. The third-order valence-corrected chi connectivity index (χ3v) is 6.12. The van der Waals surface area contributed by atoms with Crippen LogP contribution in [0, 0.1) is 13.8 Å². The Morgan fingerprint density at radius 2 is 1.96 bits per heavy atom. The van der Waals surface area contributed by atoms with E-state index in [1.165, 1.54) is 24.5 Å². The number of methoxy groups -OCH3 is 1. The zero-order chi connectivity index (χ0) is 17.9. The van der Waals surface area contributed by atoms with Crippen molar-refractivity contribution >= 4 is 27.3 Å². The molecule has 0 bridgehead atoms. The zero-order valence-electron chi connectivity index (χ0n) is 14.0. The van der Waals surface area contributed by atoms with Crippen LogP contribution in [0.4, 0.5) is 0 Å². The third-order valence-electron chi connectivity index (χ3n) is 3.47. The normalized spacial score (nSPS) is 11.3. The smallest absolute Gasteiger partial charge is 0.276 e. The summed E-state index contributed by atoms with van der Waals surface area (Å²) in [5.74, 6) is -0.277. The predicted molar refractivity (Wildman–Crippen MR) is 94.0 cm³/mol. The van der Waals surface area contributed by atoms with Gasteiger partial charge in [0.2, 0.25) is 0 Å². The average molecular weight is 368 g/mol. The molecule has 0 aliphatic rings. The van der Waals surface area contributed by atoms with E-state index in [9.17, 15) is 13.2 Å². The topological polar surface area (TPSA) is 84.5 Å². The van der Waals surface area contributed by atoms with E-state index in [0.29, 0.717) is 4.88 Å². The van der Waals surface area contributed by atoms with Crippen LogP contribution in [0.3, 0.4) is 0 Å². The van der Waals surface area contributed by atoms with Crippen LogP contribution in [0.25, 0.3) is 0 Å². The van der Waals surface area contributed by atoms with Gasteiger partial charge in [-0.3, -0.25) is 10.2 Å². The van der Waals surface area contributed by atoms with Gasteiger partial charge in [-0.25, -0.2) is 8.42 Å². The van der Waals surface area contributed by atoms with Crippen LogP contribution in [-0.4, -0.2) is 21.4 Å². The lowest BCUT2D eigenvalue weighted by Crippen LogP contribution is -2.41. The summed E-state index contributed by atoms with van der Waals surface area (Å²) >= 11 is 1.35. The third kappa shape index (κ3) is 3.95. The molecular formula is C16H20N2O4S2. The number of ether oxygens (including phenoxy) is 1. The van der Waals surface area contributed by atoms with Crippen molar-refractivity contribution in [2.24, 2.45) is 0 Å². The summed E-state index contributed by atoms with van der Waals surface area (Å²) in [7, 11) is -2.55. The number of hydrogen-bond donors (Lipinski definition) is 2. The van der Waals surface area contributed by atoms with Crippen LogP contribution in [0.1, 0.15) is 32.6 Å². The minimum Gasteiger partial charge on any atom is -0.495 e. The van der Waals surface area contributed by atoms with Gasteiger partial charge in [-0.15, -0.1) is 16.2 Å². The Labute approximate surface area is 145 Å².